The van der Waals surface area contributed by atoms with Crippen molar-refractivity contribution in [1.82, 2.24) is 4.72 Å². The summed E-state index contributed by atoms with van der Waals surface area (Å²) in [6.07, 6.45) is 2.93. The average Bonchev–Trinajstić information content (AvgIpc) is 2.08. The average molecular weight is 248 g/mol. The second kappa shape index (κ2) is 4.72. The highest BCUT2D eigenvalue weighted by Crippen LogP contribution is 2.24. The minimum Gasteiger partial charge on any atom is -0.206 e. The monoisotopic (exact) mass is 247 g/mol. The number of halogens is 3. The van der Waals surface area contributed by atoms with Crippen LogP contribution in [0.15, 0.2) is 0 Å². The van der Waals surface area contributed by atoms with Crippen LogP contribution in [0.5, 0.6) is 0 Å². The summed E-state index contributed by atoms with van der Waals surface area (Å²) in [6, 6.07) is -0.551. The third-order valence-electron chi connectivity index (χ3n) is 2.23. The van der Waals surface area contributed by atoms with Gasteiger partial charge < -0.3 is 0 Å². The lowest BCUT2D eigenvalue weighted by Gasteiger charge is -2.27. The molecule has 7 heteroatoms. The number of sulfonamides is 1. The van der Waals surface area contributed by atoms with Crippen molar-refractivity contribution >= 4 is 21.6 Å². The number of nitrogens with one attached hydrogen (secondary N) is 1. The van der Waals surface area contributed by atoms with Crippen molar-refractivity contribution in [2.45, 2.75) is 42.9 Å². The van der Waals surface area contributed by atoms with Gasteiger partial charge in [0.05, 0.1) is 0 Å². The Hall–Kier alpha value is 0.0600. The third kappa shape index (κ3) is 3.03. The molecule has 1 N–H and O–H groups in total. The highest BCUT2D eigenvalue weighted by Gasteiger charge is 2.31. The quantitative estimate of drug-likeness (QED) is 0.772. The molecule has 0 saturated heterocycles. The summed E-state index contributed by atoms with van der Waals surface area (Å²) in [7, 11) is -4.50. The van der Waals surface area contributed by atoms with E-state index >= 15 is 0 Å². The summed E-state index contributed by atoms with van der Waals surface area (Å²) >= 11 is 5.82. The molecule has 84 valence electrons. The smallest absolute Gasteiger partial charge is 0.206 e. The summed E-state index contributed by atoms with van der Waals surface area (Å²) in [5.74, 6) is -3.38. The summed E-state index contributed by atoms with van der Waals surface area (Å²) in [5, 5.41) is -0.378. The zero-order chi connectivity index (χ0) is 10.8. The van der Waals surface area contributed by atoms with Crippen LogP contribution in [0.1, 0.15) is 25.7 Å². The molecule has 3 nitrogen and oxygen atoms in total. The zero-order valence-electron chi connectivity index (χ0n) is 7.42. The summed E-state index contributed by atoms with van der Waals surface area (Å²) < 4.78 is 47.6. The first-order chi connectivity index (χ1) is 6.43. The predicted molar refractivity (Wildman–Crippen MR) is 50.0 cm³/mol. The molecule has 0 aromatic heterocycles. The van der Waals surface area contributed by atoms with E-state index in [4.69, 9.17) is 11.6 Å². The fourth-order valence-corrected chi connectivity index (χ4v) is 2.71. The summed E-state index contributed by atoms with van der Waals surface area (Å²) in [6.45, 7) is 0. The highest BCUT2D eigenvalue weighted by molar-refractivity contribution is 7.89. The zero-order valence-corrected chi connectivity index (χ0v) is 8.99. The van der Waals surface area contributed by atoms with Crippen molar-refractivity contribution in [2.75, 3.05) is 0 Å². The van der Waals surface area contributed by atoms with Gasteiger partial charge in [-0.3, -0.25) is 0 Å². The molecule has 1 fully saturated rings. The molecule has 0 aromatic rings. The van der Waals surface area contributed by atoms with Gasteiger partial charge in [-0.15, -0.1) is 11.6 Å². The minimum absolute atomic E-state index is 0.378. The summed E-state index contributed by atoms with van der Waals surface area (Å²) in [5.41, 5.74) is 0. The second-order valence-corrected chi connectivity index (χ2v) is 5.57. The fourth-order valence-electron chi connectivity index (χ4n) is 1.48. The maximum Gasteiger partial charge on any atom is 0.350 e. The maximum atomic E-state index is 12.0. The van der Waals surface area contributed by atoms with E-state index in [0.29, 0.717) is 12.8 Å². The van der Waals surface area contributed by atoms with Crippen molar-refractivity contribution in [3.05, 3.63) is 0 Å². The standard InChI is InChI=1S/C7H12ClF2NO2S/c8-5-3-1-2-4-6(5)11-14(12,13)7(9)10/h5-7,11H,1-4H2. The van der Waals surface area contributed by atoms with Gasteiger partial charge in [0.1, 0.15) is 0 Å². The Balaban J connectivity index is 2.58. The lowest BCUT2D eigenvalue weighted by molar-refractivity contribution is 0.230. The molecule has 0 aromatic carbocycles. The molecule has 1 saturated carbocycles. The van der Waals surface area contributed by atoms with Crippen molar-refractivity contribution in [3.63, 3.8) is 0 Å². The molecular weight excluding hydrogens is 236 g/mol. The van der Waals surface area contributed by atoms with Crippen molar-refractivity contribution in [1.29, 1.82) is 0 Å². The number of hydrogen-bond donors (Lipinski definition) is 1. The fraction of sp³-hybridized carbons (Fsp3) is 1.00. The van der Waals surface area contributed by atoms with Crippen LogP contribution in [0.3, 0.4) is 0 Å². The molecule has 0 aliphatic heterocycles. The van der Waals surface area contributed by atoms with Crippen LogP contribution in [0.2, 0.25) is 0 Å². The topological polar surface area (TPSA) is 46.2 Å². The van der Waals surface area contributed by atoms with E-state index in [2.05, 4.69) is 0 Å². The van der Waals surface area contributed by atoms with Crippen LogP contribution in [0, 0.1) is 0 Å². The van der Waals surface area contributed by atoms with E-state index < -0.39 is 21.8 Å². The number of alkyl halides is 3. The van der Waals surface area contributed by atoms with E-state index in [9.17, 15) is 17.2 Å². The van der Waals surface area contributed by atoms with E-state index in [1.54, 1.807) is 0 Å². The molecule has 1 aliphatic carbocycles. The summed E-state index contributed by atoms with van der Waals surface area (Å²) in [4.78, 5) is 0. The van der Waals surface area contributed by atoms with Gasteiger partial charge in [0.2, 0.25) is 0 Å². The first-order valence-corrected chi connectivity index (χ1v) is 6.35. The molecule has 0 spiro atoms. The lowest BCUT2D eigenvalue weighted by atomic mass is 9.96. The molecular formula is C7H12ClF2NO2S. The first kappa shape index (κ1) is 12.1. The first-order valence-electron chi connectivity index (χ1n) is 4.37. The molecule has 2 atom stereocenters. The Morgan fingerprint density at radius 3 is 2.36 bits per heavy atom. The van der Waals surface area contributed by atoms with Gasteiger partial charge in [-0.2, -0.15) is 8.78 Å². The van der Waals surface area contributed by atoms with Crippen LogP contribution in [0.4, 0.5) is 8.78 Å². The van der Waals surface area contributed by atoms with Crippen LogP contribution < -0.4 is 4.72 Å². The van der Waals surface area contributed by atoms with Gasteiger partial charge in [0, 0.05) is 11.4 Å². The van der Waals surface area contributed by atoms with Gasteiger partial charge in [-0.25, -0.2) is 13.1 Å². The third-order valence-corrected chi connectivity index (χ3v) is 3.85. The molecule has 0 amide bonds. The number of hydrogen-bond acceptors (Lipinski definition) is 2. The molecule has 0 heterocycles. The van der Waals surface area contributed by atoms with Gasteiger partial charge in [0.25, 0.3) is 10.0 Å². The van der Waals surface area contributed by atoms with Crippen LogP contribution >= 0.6 is 11.6 Å². The Labute approximate surface area is 86.9 Å². The van der Waals surface area contributed by atoms with E-state index in [1.165, 1.54) is 0 Å². The normalized spacial score (nSPS) is 29.4. The SMILES string of the molecule is O=S(=O)(NC1CCCCC1Cl)C(F)F. The Bertz CT molecular complexity index is 283. The van der Waals surface area contributed by atoms with E-state index in [0.717, 1.165) is 12.8 Å². The molecule has 0 bridgehead atoms. The Morgan fingerprint density at radius 2 is 1.86 bits per heavy atom. The van der Waals surface area contributed by atoms with Crippen LogP contribution in [0.25, 0.3) is 0 Å². The molecule has 14 heavy (non-hydrogen) atoms. The predicted octanol–water partition coefficient (Wildman–Crippen LogP) is 1.68. The van der Waals surface area contributed by atoms with Gasteiger partial charge in [0.15, 0.2) is 0 Å². The van der Waals surface area contributed by atoms with Gasteiger partial charge in [-0.05, 0) is 12.8 Å². The molecule has 1 aliphatic rings. The largest absolute Gasteiger partial charge is 0.350 e. The van der Waals surface area contributed by atoms with E-state index in [1.807, 2.05) is 4.72 Å². The van der Waals surface area contributed by atoms with Crippen LogP contribution in [-0.2, 0) is 10.0 Å². The maximum absolute atomic E-state index is 12.0. The van der Waals surface area contributed by atoms with Gasteiger partial charge >= 0.3 is 5.76 Å². The van der Waals surface area contributed by atoms with Gasteiger partial charge in [-0.1, -0.05) is 12.8 Å². The molecule has 1 rings (SSSR count). The van der Waals surface area contributed by atoms with Crippen molar-refractivity contribution < 1.29 is 17.2 Å². The lowest BCUT2D eigenvalue weighted by Crippen LogP contribution is -2.44. The number of rotatable bonds is 3. The molecule has 2 unspecified atom stereocenters. The van der Waals surface area contributed by atoms with Crippen molar-refractivity contribution in [2.24, 2.45) is 0 Å². The highest BCUT2D eigenvalue weighted by atomic mass is 35.5. The van der Waals surface area contributed by atoms with Crippen molar-refractivity contribution in [3.8, 4) is 0 Å². The molecule has 0 radical (unpaired) electrons. The second-order valence-electron chi connectivity index (χ2n) is 3.33. The Morgan fingerprint density at radius 1 is 1.29 bits per heavy atom. The van der Waals surface area contributed by atoms with E-state index in [-0.39, 0.29) is 5.38 Å². The minimum atomic E-state index is -4.50. The van der Waals surface area contributed by atoms with Crippen LogP contribution in [-0.4, -0.2) is 25.6 Å². The Kier molecular flexibility index (Phi) is 4.09.